The van der Waals surface area contributed by atoms with E-state index < -0.39 is 11.7 Å². The average molecular weight is 407 g/mol. The maximum absolute atomic E-state index is 13.1. The van der Waals surface area contributed by atoms with Crippen molar-refractivity contribution in [2.75, 3.05) is 19.6 Å². The molecule has 0 atom stereocenters. The van der Waals surface area contributed by atoms with Gasteiger partial charge in [-0.25, -0.2) is 0 Å². The van der Waals surface area contributed by atoms with Crippen molar-refractivity contribution in [3.05, 3.63) is 52.8 Å². The molecule has 2 heterocycles. The second-order valence-electron chi connectivity index (χ2n) is 7.54. The van der Waals surface area contributed by atoms with Crippen LogP contribution in [0.1, 0.15) is 40.2 Å². The average Bonchev–Trinajstić information content (AvgIpc) is 2.96. The van der Waals surface area contributed by atoms with Crippen LogP contribution in [0.15, 0.2) is 30.3 Å². The number of alkyl halides is 3. The van der Waals surface area contributed by atoms with E-state index >= 15 is 0 Å². The first-order valence-electron chi connectivity index (χ1n) is 9.49. The highest BCUT2D eigenvalue weighted by Crippen LogP contribution is 2.31. The summed E-state index contributed by atoms with van der Waals surface area (Å²) >= 11 is 0. The van der Waals surface area contributed by atoms with Gasteiger partial charge in [0.1, 0.15) is 0 Å². The van der Waals surface area contributed by atoms with Gasteiger partial charge in [0.05, 0.1) is 12.1 Å². The van der Waals surface area contributed by atoms with Gasteiger partial charge in [0.25, 0.3) is 0 Å². The quantitative estimate of drug-likeness (QED) is 0.772. The predicted octanol–water partition coefficient (Wildman–Crippen LogP) is 3.49. The van der Waals surface area contributed by atoms with Crippen molar-refractivity contribution in [1.82, 2.24) is 9.47 Å². The Morgan fingerprint density at radius 3 is 2.38 bits per heavy atom. The Kier molecular flexibility index (Phi) is 5.84. The number of likely N-dealkylation sites (tertiary alicyclic amines) is 1. The Hall–Kier alpha value is -2.61. The molecule has 1 amide bonds. The molecule has 2 aromatic rings. The van der Waals surface area contributed by atoms with E-state index in [1.165, 1.54) is 6.07 Å². The first-order valence-corrected chi connectivity index (χ1v) is 9.49. The van der Waals surface area contributed by atoms with Crippen molar-refractivity contribution in [3.8, 4) is 5.69 Å². The van der Waals surface area contributed by atoms with Gasteiger partial charge >= 0.3 is 6.18 Å². The van der Waals surface area contributed by atoms with Crippen LogP contribution in [-0.2, 0) is 11.0 Å². The zero-order valence-corrected chi connectivity index (χ0v) is 16.4. The van der Waals surface area contributed by atoms with Gasteiger partial charge in [-0.1, -0.05) is 6.07 Å². The summed E-state index contributed by atoms with van der Waals surface area (Å²) in [5.41, 5.74) is 6.78. The molecule has 5 nitrogen and oxygen atoms in total. The lowest BCUT2D eigenvalue weighted by atomic mass is 9.96. The second kappa shape index (κ2) is 8.02. The number of benzene rings is 1. The van der Waals surface area contributed by atoms with E-state index in [-0.39, 0.29) is 24.2 Å². The number of amides is 1. The first kappa shape index (κ1) is 21.1. The van der Waals surface area contributed by atoms with Crippen LogP contribution in [0.5, 0.6) is 0 Å². The fraction of sp³-hybridized carbons (Fsp3) is 0.429. The molecule has 1 aliphatic heterocycles. The molecule has 0 saturated carbocycles. The maximum Gasteiger partial charge on any atom is 0.416 e. The zero-order valence-electron chi connectivity index (χ0n) is 16.4. The lowest BCUT2D eigenvalue weighted by Gasteiger charge is -2.29. The van der Waals surface area contributed by atoms with E-state index in [9.17, 15) is 22.8 Å². The normalized spacial score (nSPS) is 16.2. The first-order chi connectivity index (χ1) is 13.6. The number of aromatic nitrogens is 1. The molecule has 0 spiro atoms. The number of aryl methyl sites for hydroxylation is 1. The molecule has 156 valence electrons. The number of rotatable bonds is 5. The fourth-order valence-corrected chi connectivity index (χ4v) is 3.93. The van der Waals surface area contributed by atoms with E-state index in [1.807, 2.05) is 4.90 Å². The number of hydrogen-bond acceptors (Lipinski definition) is 3. The van der Waals surface area contributed by atoms with Crippen molar-refractivity contribution in [2.24, 2.45) is 11.7 Å². The number of ketones is 1. The van der Waals surface area contributed by atoms with Gasteiger partial charge in [0.15, 0.2) is 5.78 Å². The number of piperidine rings is 1. The van der Waals surface area contributed by atoms with Crippen molar-refractivity contribution < 1.29 is 22.8 Å². The van der Waals surface area contributed by atoms with Crippen LogP contribution in [-0.4, -0.2) is 40.8 Å². The van der Waals surface area contributed by atoms with Crippen molar-refractivity contribution >= 4 is 11.7 Å². The molecule has 3 rings (SSSR count). The summed E-state index contributed by atoms with van der Waals surface area (Å²) in [6.45, 7) is 4.94. The molecule has 0 unspecified atom stereocenters. The number of nitrogens with zero attached hydrogens (tertiary/aromatic N) is 2. The monoisotopic (exact) mass is 407 g/mol. The molecular weight excluding hydrogens is 383 g/mol. The Morgan fingerprint density at radius 1 is 1.14 bits per heavy atom. The molecule has 8 heteroatoms. The minimum absolute atomic E-state index is 0.0890. The highest BCUT2D eigenvalue weighted by Gasteiger charge is 2.31. The molecule has 29 heavy (non-hydrogen) atoms. The van der Waals surface area contributed by atoms with Gasteiger partial charge in [-0.3, -0.25) is 14.5 Å². The smallest absolute Gasteiger partial charge is 0.369 e. The molecule has 1 fully saturated rings. The lowest BCUT2D eigenvalue weighted by molar-refractivity contribution is -0.137. The number of hydrogen-bond donors (Lipinski definition) is 1. The SMILES string of the molecule is Cc1cc(C(=O)CN2CCC(C(N)=O)CC2)c(C)n1-c1cccc(C(F)(F)F)c1. The Bertz CT molecular complexity index is 926. The van der Waals surface area contributed by atoms with Crippen LogP contribution in [0.3, 0.4) is 0 Å². The Morgan fingerprint density at radius 2 is 1.79 bits per heavy atom. The largest absolute Gasteiger partial charge is 0.416 e. The standard InChI is InChI=1S/C21H24F3N3O2/c1-13-10-18(19(28)12-26-8-6-15(7-9-26)20(25)29)14(2)27(13)17-5-3-4-16(11-17)21(22,23)24/h3-5,10-11,15H,6-9,12H2,1-2H3,(H2,25,29). The third-order valence-corrected chi connectivity index (χ3v) is 5.52. The van der Waals surface area contributed by atoms with Crippen LogP contribution < -0.4 is 5.73 Å². The van der Waals surface area contributed by atoms with Gasteiger partial charge in [-0.15, -0.1) is 0 Å². The molecule has 0 aliphatic carbocycles. The molecule has 0 bridgehead atoms. The van der Waals surface area contributed by atoms with Crippen LogP contribution in [0.2, 0.25) is 0 Å². The second-order valence-corrected chi connectivity index (χ2v) is 7.54. The topological polar surface area (TPSA) is 68.3 Å². The van der Waals surface area contributed by atoms with E-state index in [2.05, 4.69) is 0 Å². The van der Waals surface area contributed by atoms with Crippen molar-refractivity contribution in [2.45, 2.75) is 32.9 Å². The summed E-state index contributed by atoms with van der Waals surface area (Å²) in [7, 11) is 0. The van der Waals surface area contributed by atoms with Gasteiger partial charge in [-0.2, -0.15) is 13.2 Å². The van der Waals surface area contributed by atoms with Gasteiger partial charge < -0.3 is 10.3 Å². The zero-order chi connectivity index (χ0) is 21.3. The van der Waals surface area contributed by atoms with E-state index in [0.717, 1.165) is 12.1 Å². The molecule has 2 N–H and O–H groups in total. The number of nitrogens with two attached hydrogens (primary N) is 1. The van der Waals surface area contributed by atoms with Crippen LogP contribution in [0.4, 0.5) is 13.2 Å². The van der Waals surface area contributed by atoms with E-state index in [4.69, 9.17) is 5.73 Å². The minimum atomic E-state index is -4.43. The number of Topliss-reactive ketones (excluding diaryl/α,β-unsaturated/α-hetero) is 1. The molecule has 1 aliphatic rings. The summed E-state index contributed by atoms with van der Waals surface area (Å²) in [5.74, 6) is -0.540. The van der Waals surface area contributed by atoms with Crippen LogP contribution in [0.25, 0.3) is 5.69 Å². The summed E-state index contributed by atoms with van der Waals surface area (Å²) in [5, 5.41) is 0. The number of primary amides is 1. The summed E-state index contributed by atoms with van der Waals surface area (Å²) in [4.78, 5) is 26.1. The predicted molar refractivity (Wildman–Crippen MR) is 103 cm³/mol. The van der Waals surface area contributed by atoms with Crippen molar-refractivity contribution in [1.29, 1.82) is 0 Å². The van der Waals surface area contributed by atoms with Gasteiger partial charge in [0, 0.05) is 28.6 Å². The van der Waals surface area contributed by atoms with Crippen LogP contribution in [0, 0.1) is 19.8 Å². The highest BCUT2D eigenvalue weighted by atomic mass is 19.4. The Labute approximate surface area is 167 Å². The summed E-state index contributed by atoms with van der Waals surface area (Å²) in [6.07, 6.45) is -3.17. The molecule has 1 aromatic heterocycles. The molecule has 1 aromatic carbocycles. The fourth-order valence-electron chi connectivity index (χ4n) is 3.93. The number of carbonyl (C=O) groups excluding carboxylic acids is 2. The molecular formula is C21H24F3N3O2. The maximum atomic E-state index is 13.1. The lowest BCUT2D eigenvalue weighted by Crippen LogP contribution is -2.40. The van der Waals surface area contributed by atoms with Crippen molar-refractivity contribution in [3.63, 3.8) is 0 Å². The number of halogens is 3. The van der Waals surface area contributed by atoms with Gasteiger partial charge in [0.2, 0.25) is 5.91 Å². The summed E-state index contributed by atoms with van der Waals surface area (Å²) < 4.78 is 40.8. The minimum Gasteiger partial charge on any atom is -0.369 e. The third-order valence-electron chi connectivity index (χ3n) is 5.52. The Balaban J connectivity index is 1.79. The van der Waals surface area contributed by atoms with Crippen LogP contribution >= 0.6 is 0 Å². The summed E-state index contributed by atoms with van der Waals surface area (Å²) in [6, 6.07) is 6.79. The van der Waals surface area contributed by atoms with Gasteiger partial charge in [-0.05, 0) is 64.0 Å². The van der Waals surface area contributed by atoms with E-state index in [0.29, 0.717) is 48.6 Å². The third kappa shape index (κ3) is 4.53. The molecule has 1 saturated heterocycles. The molecule has 0 radical (unpaired) electrons. The number of carbonyl (C=O) groups is 2. The van der Waals surface area contributed by atoms with E-state index in [1.54, 1.807) is 30.5 Å². The highest BCUT2D eigenvalue weighted by molar-refractivity contribution is 5.99.